The molecule has 2 rings (SSSR count). The molecule has 126 valence electrons. The molecule has 1 amide bonds. The van der Waals surface area contributed by atoms with Crippen molar-refractivity contribution < 1.29 is 4.79 Å². The molecule has 0 saturated heterocycles. The Morgan fingerprint density at radius 3 is 2.58 bits per heavy atom. The van der Waals surface area contributed by atoms with Crippen molar-refractivity contribution in [2.75, 3.05) is 0 Å². The van der Waals surface area contributed by atoms with Gasteiger partial charge in [-0.25, -0.2) is 4.79 Å². The number of aromatic nitrogens is 2. The minimum Gasteiger partial charge on any atom is -0.357 e. The van der Waals surface area contributed by atoms with Gasteiger partial charge < -0.3 is 10.3 Å². The van der Waals surface area contributed by atoms with E-state index in [2.05, 4.69) is 21.2 Å². The van der Waals surface area contributed by atoms with Crippen molar-refractivity contribution in [3.63, 3.8) is 0 Å². The number of hydrogen-bond donors (Lipinski definition) is 4. The monoisotopic (exact) mass is 347 g/mol. The summed E-state index contributed by atoms with van der Waals surface area (Å²) in [5.74, 6) is -0.574. The SMILES string of the molecule is Cc1cc(=O)n(CC(=O)NNC(=S)NCc2ccccc2)c(=O)[nH]1. The number of rotatable bonds is 4. The molecule has 0 aliphatic rings. The van der Waals surface area contributed by atoms with Crippen LogP contribution in [0.2, 0.25) is 0 Å². The Labute approximate surface area is 142 Å². The van der Waals surface area contributed by atoms with Gasteiger partial charge in [0.15, 0.2) is 5.11 Å². The molecule has 0 unspecified atom stereocenters. The van der Waals surface area contributed by atoms with Gasteiger partial charge in [-0.05, 0) is 24.7 Å². The number of hydrazine groups is 1. The first kappa shape index (κ1) is 17.4. The molecule has 0 spiro atoms. The fourth-order valence-corrected chi connectivity index (χ4v) is 2.04. The molecule has 0 fully saturated rings. The number of hydrogen-bond acceptors (Lipinski definition) is 4. The number of carbonyl (C=O) groups is 1. The summed E-state index contributed by atoms with van der Waals surface area (Å²) < 4.78 is 0.796. The molecule has 0 bridgehead atoms. The van der Waals surface area contributed by atoms with Crippen molar-refractivity contribution in [2.24, 2.45) is 0 Å². The summed E-state index contributed by atoms with van der Waals surface area (Å²) in [5, 5.41) is 3.14. The Morgan fingerprint density at radius 1 is 1.21 bits per heavy atom. The summed E-state index contributed by atoms with van der Waals surface area (Å²) in [4.78, 5) is 37.6. The second-order valence-electron chi connectivity index (χ2n) is 5.02. The maximum Gasteiger partial charge on any atom is 0.329 e. The minimum absolute atomic E-state index is 0.220. The zero-order chi connectivity index (χ0) is 17.5. The maximum absolute atomic E-state index is 11.8. The molecule has 4 N–H and O–H groups in total. The van der Waals surface area contributed by atoms with Crippen LogP contribution >= 0.6 is 12.2 Å². The van der Waals surface area contributed by atoms with Crippen molar-refractivity contribution in [2.45, 2.75) is 20.0 Å². The summed E-state index contributed by atoms with van der Waals surface area (Å²) in [6, 6.07) is 10.8. The predicted octanol–water partition coefficient (Wildman–Crippen LogP) is -0.459. The Kier molecular flexibility index (Phi) is 5.85. The van der Waals surface area contributed by atoms with Crippen molar-refractivity contribution in [1.82, 2.24) is 25.7 Å². The van der Waals surface area contributed by atoms with Gasteiger partial charge in [0, 0.05) is 18.3 Å². The maximum atomic E-state index is 11.8. The van der Waals surface area contributed by atoms with Crippen LogP contribution in [-0.4, -0.2) is 20.6 Å². The molecule has 1 aromatic carbocycles. The Bertz CT molecular complexity index is 813. The van der Waals surface area contributed by atoms with Gasteiger partial charge in [0.05, 0.1) is 0 Å². The first-order valence-corrected chi connectivity index (χ1v) is 7.54. The van der Waals surface area contributed by atoms with Crippen molar-refractivity contribution in [1.29, 1.82) is 0 Å². The van der Waals surface area contributed by atoms with E-state index in [0.717, 1.165) is 10.1 Å². The van der Waals surface area contributed by atoms with Gasteiger partial charge in [0.1, 0.15) is 6.54 Å². The van der Waals surface area contributed by atoms with Gasteiger partial charge >= 0.3 is 5.69 Å². The second kappa shape index (κ2) is 8.06. The number of aryl methyl sites for hydroxylation is 1. The molecule has 0 radical (unpaired) electrons. The zero-order valence-electron chi connectivity index (χ0n) is 13.0. The molecule has 0 saturated carbocycles. The molecule has 2 aromatic rings. The molecule has 0 atom stereocenters. The smallest absolute Gasteiger partial charge is 0.329 e. The van der Waals surface area contributed by atoms with Crippen molar-refractivity contribution in [3.8, 4) is 0 Å². The molecule has 1 aromatic heterocycles. The molecule has 24 heavy (non-hydrogen) atoms. The van der Waals surface area contributed by atoms with Crippen LogP contribution in [-0.2, 0) is 17.9 Å². The topological polar surface area (TPSA) is 108 Å². The van der Waals surface area contributed by atoms with Gasteiger partial charge in [-0.15, -0.1) is 0 Å². The highest BCUT2D eigenvalue weighted by Gasteiger charge is 2.08. The summed E-state index contributed by atoms with van der Waals surface area (Å²) in [6.45, 7) is 1.67. The third kappa shape index (κ3) is 5.06. The van der Waals surface area contributed by atoms with Gasteiger partial charge in [-0.1, -0.05) is 30.3 Å². The minimum atomic E-state index is -0.639. The van der Waals surface area contributed by atoms with E-state index in [1.54, 1.807) is 6.92 Å². The van der Waals surface area contributed by atoms with Gasteiger partial charge in [-0.2, -0.15) is 0 Å². The van der Waals surface area contributed by atoms with E-state index in [0.29, 0.717) is 12.2 Å². The highest BCUT2D eigenvalue weighted by atomic mass is 32.1. The summed E-state index contributed by atoms with van der Waals surface area (Å²) >= 11 is 5.03. The number of H-pyrrole nitrogens is 1. The van der Waals surface area contributed by atoms with Gasteiger partial charge in [-0.3, -0.25) is 25.0 Å². The summed E-state index contributed by atoms with van der Waals surface area (Å²) in [5.41, 5.74) is 5.13. The van der Waals surface area contributed by atoms with E-state index >= 15 is 0 Å². The second-order valence-corrected chi connectivity index (χ2v) is 5.43. The number of amides is 1. The molecular formula is C15H17N5O3S. The van der Waals surface area contributed by atoms with Crippen LogP contribution < -0.4 is 27.4 Å². The number of benzene rings is 1. The molecule has 0 aliphatic carbocycles. The highest BCUT2D eigenvalue weighted by molar-refractivity contribution is 7.80. The number of aromatic amines is 1. The lowest BCUT2D eigenvalue weighted by Crippen LogP contribution is -2.49. The molecule has 8 nitrogen and oxygen atoms in total. The normalized spacial score (nSPS) is 10.0. The first-order valence-electron chi connectivity index (χ1n) is 7.13. The van der Waals surface area contributed by atoms with Crippen LogP contribution in [0, 0.1) is 6.92 Å². The number of nitrogens with one attached hydrogen (secondary N) is 4. The van der Waals surface area contributed by atoms with Gasteiger partial charge in [0.25, 0.3) is 11.5 Å². The average Bonchev–Trinajstić information content (AvgIpc) is 2.55. The lowest BCUT2D eigenvalue weighted by atomic mass is 10.2. The van der Waals surface area contributed by atoms with E-state index in [1.165, 1.54) is 6.07 Å². The Balaban J connectivity index is 1.82. The Morgan fingerprint density at radius 2 is 1.92 bits per heavy atom. The largest absolute Gasteiger partial charge is 0.357 e. The molecular weight excluding hydrogens is 330 g/mol. The van der Waals surface area contributed by atoms with Crippen LogP contribution in [0.15, 0.2) is 46.0 Å². The van der Waals surface area contributed by atoms with Crippen LogP contribution in [0.25, 0.3) is 0 Å². The summed E-state index contributed by atoms with van der Waals surface area (Å²) in [6.07, 6.45) is 0. The first-order chi connectivity index (χ1) is 11.5. The van der Waals surface area contributed by atoms with Crippen molar-refractivity contribution >= 4 is 23.2 Å². The van der Waals surface area contributed by atoms with Gasteiger partial charge in [0.2, 0.25) is 0 Å². The predicted molar refractivity (Wildman–Crippen MR) is 93.2 cm³/mol. The average molecular weight is 347 g/mol. The molecule has 9 heteroatoms. The quantitative estimate of drug-likeness (QED) is 0.440. The molecule has 1 heterocycles. The van der Waals surface area contributed by atoms with Crippen LogP contribution in [0.3, 0.4) is 0 Å². The lowest BCUT2D eigenvalue weighted by Gasteiger charge is -2.12. The standard InChI is InChI=1S/C15H17N5O3S/c1-10-7-13(22)20(15(23)17-10)9-12(21)18-19-14(24)16-8-11-5-3-2-4-6-11/h2-7H,8-9H2,1H3,(H,17,23)(H,18,21)(H2,16,19,24). The van der Waals surface area contributed by atoms with E-state index in [-0.39, 0.29) is 5.11 Å². The Hall–Kier alpha value is -2.94. The zero-order valence-corrected chi connectivity index (χ0v) is 13.8. The van der Waals surface area contributed by atoms with E-state index < -0.39 is 23.7 Å². The number of thiocarbonyl (C=S) groups is 1. The summed E-state index contributed by atoms with van der Waals surface area (Å²) in [7, 11) is 0. The van der Waals surface area contributed by atoms with Crippen LogP contribution in [0.5, 0.6) is 0 Å². The van der Waals surface area contributed by atoms with Crippen LogP contribution in [0.4, 0.5) is 0 Å². The van der Waals surface area contributed by atoms with Crippen molar-refractivity contribution in [3.05, 3.63) is 68.5 Å². The fourth-order valence-electron chi connectivity index (χ4n) is 1.92. The third-order valence-corrected chi connectivity index (χ3v) is 3.31. The molecule has 0 aliphatic heterocycles. The lowest BCUT2D eigenvalue weighted by molar-refractivity contribution is -0.122. The van der Waals surface area contributed by atoms with E-state index in [1.807, 2.05) is 30.3 Å². The number of nitrogens with zero attached hydrogens (tertiary/aromatic N) is 1. The van der Waals surface area contributed by atoms with Crippen LogP contribution in [0.1, 0.15) is 11.3 Å². The highest BCUT2D eigenvalue weighted by Crippen LogP contribution is 1.96. The van der Waals surface area contributed by atoms with E-state index in [9.17, 15) is 14.4 Å². The fraction of sp³-hybridized carbons (Fsp3) is 0.200. The number of carbonyl (C=O) groups excluding carboxylic acids is 1. The van der Waals surface area contributed by atoms with E-state index in [4.69, 9.17) is 12.2 Å². The third-order valence-electron chi connectivity index (χ3n) is 3.07.